The zero-order valence-corrected chi connectivity index (χ0v) is 16.1. The molecule has 3 rings (SSSR count). The first-order valence-corrected chi connectivity index (χ1v) is 9.45. The summed E-state index contributed by atoms with van der Waals surface area (Å²) >= 11 is 0. The van der Waals surface area contributed by atoms with Crippen LogP contribution >= 0.6 is 0 Å². The second-order valence-electron chi connectivity index (χ2n) is 6.88. The molecule has 1 aliphatic heterocycles. The fourth-order valence-electron chi connectivity index (χ4n) is 3.60. The predicted molar refractivity (Wildman–Crippen MR) is 106 cm³/mol. The van der Waals surface area contributed by atoms with E-state index in [2.05, 4.69) is 22.3 Å². The fourth-order valence-corrected chi connectivity index (χ4v) is 3.60. The number of carbonyl (C=O) groups excluding carboxylic acids is 1. The fraction of sp³-hybridized carbons (Fsp3) is 0.409. The van der Waals surface area contributed by atoms with Crippen LogP contribution in [0.25, 0.3) is 0 Å². The Bertz CT molecular complexity index is 739. The minimum absolute atomic E-state index is 0.0503. The molecule has 1 amide bonds. The monoisotopic (exact) mass is 368 g/mol. The van der Waals surface area contributed by atoms with Crippen LogP contribution in [0.2, 0.25) is 0 Å². The minimum atomic E-state index is -0.0503. The summed E-state index contributed by atoms with van der Waals surface area (Å²) in [5, 5.41) is 3.12. The lowest BCUT2D eigenvalue weighted by Gasteiger charge is -2.28. The van der Waals surface area contributed by atoms with E-state index in [-0.39, 0.29) is 11.9 Å². The molecule has 27 heavy (non-hydrogen) atoms. The third-order valence-corrected chi connectivity index (χ3v) is 5.04. The Labute approximate surface area is 161 Å². The molecule has 1 atom stereocenters. The van der Waals surface area contributed by atoms with Crippen molar-refractivity contribution in [3.63, 3.8) is 0 Å². The van der Waals surface area contributed by atoms with Crippen LogP contribution in [0.4, 0.5) is 0 Å². The Morgan fingerprint density at radius 2 is 1.85 bits per heavy atom. The van der Waals surface area contributed by atoms with Gasteiger partial charge in [-0.05, 0) is 61.3 Å². The summed E-state index contributed by atoms with van der Waals surface area (Å²) in [6.07, 6.45) is 2.42. The van der Waals surface area contributed by atoms with Crippen LogP contribution in [-0.2, 0) is 11.3 Å². The van der Waals surface area contributed by atoms with Gasteiger partial charge in [0, 0.05) is 19.2 Å². The van der Waals surface area contributed by atoms with Crippen molar-refractivity contribution in [1.82, 2.24) is 10.2 Å². The van der Waals surface area contributed by atoms with Gasteiger partial charge in [0.15, 0.2) is 0 Å². The zero-order valence-electron chi connectivity index (χ0n) is 16.1. The first-order valence-electron chi connectivity index (χ1n) is 9.45. The highest BCUT2D eigenvalue weighted by molar-refractivity contribution is 5.94. The molecular weight excluding hydrogens is 340 g/mol. The van der Waals surface area contributed by atoms with Gasteiger partial charge >= 0.3 is 0 Å². The maximum atomic E-state index is 12.7. The van der Waals surface area contributed by atoms with Crippen molar-refractivity contribution in [3.8, 4) is 5.75 Å². The van der Waals surface area contributed by atoms with E-state index in [1.807, 2.05) is 36.4 Å². The van der Waals surface area contributed by atoms with Crippen molar-refractivity contribution in [3.05, 3.63) is 65.2 Å². The van der Waals surface area contributed by atoms with Gasteiger partial charge < -0.3 is 14.8 Å². The van der Waals surface area contributed by atoms with Crippen molar-refractivity contribution in [2.75, 3.05) is 33.9 Å². The van der Waals surface area contributed by atoms with E-state index in [1.54, 1.807) is 14.2 Å². The SMILES string of the molecule is COCc1cccc(C(=O)NCC(c2ccc(OC)cc2)N2CCCC2)c1. The van der Waals surface area contributed by atoms with Crippen molar-refractivity contribution < 1.29 is 14.3 Å². The van der Waals surface area contributed by atoms with E-state index >= 15 is 0 Å². The number of rotatable bonds is 8. The minimum Gasteiger partial charge on any atom is -0.497 e. The summed E-state index contributed by atoms with van der Waals surface area (Å²) in [6, 6.07) is 15.9. The van der Waals surface area contributed by atoms with Crippen LogP contribution in [0.3, 0.4) is 0 Å². The first kappa shape index (κ1) is 19.4. The lowest BCUT2D eigenvalue weighted by Crippen LogP contribution is -2.36. The molecule has 0 radical (unpaired) electrons. The van der Waals surface area contributed by atoms with Crippen molar-refractivity contribution in [2.24, 2.45) is 0 Å². The average Bonchev–Trinajstić information content (AvgIpc) is 3.23. The number of methoxy groups -OCH3 is 2. The van der Waals surface area contributed by atoms with E-state index in [1.165, 1.54) is 18.4 Å². The molecule has 0 bridgehead atoms. The number of carbonyl (C=O) groups is 1. The van der Waals surface area contributed by atoms with E-state index in [9.17, 15) is 4.79 Å². The molecule has 0 aliphatic carbocycles. The maximum Gasteiger partial charge on any atom is 0.251 e. The number of nitrogens with zero attached hydrogens (tertiary/aromatic N) is 1. The Morgan fingerprint density at radius 1 is 1.11 bits per heavy atom. The molecule has 2 aromatic carbocycles. The molecule has 2 aromatic rings. The third kappa shape index (κ3) is 5.08. The number of hydrogen-bond donors (Lipinski definition) is 1. The topological polar surface area (TPSA) is 50.8 Å². The van der Waals surface area contributed by atoms with Crippen LogP contribution in [0.5, 0.6) is 5.75 Å². The molecule has 0 spiro atoms. The molecule has 144 valence electrons. The number of amides is 1. The summed E-state index contributed by atoms with van der Waals surface area (Å²) in [5.41, 5.74) is 2.86. The quantitative estimate of drug-likeness (QED) is 0.776. The Balaban J connectivity index is 1.70. The average molecular weight is 368 g/mol. The molecule has 0 aromatic heterocycles. The van der Waals surface area contributed by atoms with Gasteiger partial charge in [-0.1, -0.05) is 24.3 Å². The van der Waals surface area contributed by atoms with Gasteiger partial charge in [0.05, 0.1) is 19.8 Å². The van der Waals surface area contributed by atoms with Crippen LogP contribution in [0.1, 0.15) is 40.4 Å². The molecule has 1 N–H and O–H groups in total. The second-order valence-corrected chi connectivity index (χ2v) is 6.88. The third-order valence-electron chi connectivity index (χ3n) is 5.04. The van der Waals surface area contributed by atoms with E-state index in [4.69, 9.17) is 9.47 Å². The molecule has 1 fully saturated rings. The normalized spacial score (nSPS) is 15.5. The standard InChI is InChI=1S/C22H28N2O3/c1-26-16-17-6-5-7-19(14-17)22(25)23-15-21(24-12-3-4-13-24)18-8-10-20(27-2)11-9-18/h5-11,14,21H,3-4,12-13,15-16H2,1-2H3,(H,23,25). The molecule has 5 heteroatoms. The lowest BCUT2D eigenvalue weighted by atomic mass is 10.0. The van der Waals surface area contributed by atoms with Crippen molar-refractivity contribution in [2.45, 2.75) is 25.5 Å². The van der Waals surface area contributed by atoms with E-state index in [0.29, 0.717) is 18.7 Å². The molecule has 1 unspecified atom stereocenters. The maximum absolute atomic E-state index is 12.7. The summed E-state index contributed by atoms with van der Waals surface area (Å²) in [4.78, 5) is 15.1. The molecule has 1 heterocycles. The number of ether oxygens (including phenoxy) is 2. The number of likely N-dealkylation sites (tertiary alicyclic amines) is 1. The number of nitrogens with one attached hydrogen (secondary N) is 1. The van der Waals surface area contributed by atoms with Gasteiger partial charge in [0.25, 0.3) is 5.91 Å². The number of hydrogen-bond acceptors (Lipinski definition) is 4. The summed E-state index contributed by atoms with van der Waals surface area (Å²) in [5.74, 6) is 0.795. The predicted octanol–water partition coefficient (Wildman–Crippen LogP) is 3.41. The first-order chi connectivity index (χ1) is 13.2. The van der Waals surface area contributed by atoms with E-state index in [0.717, 1.165) is 24.4 Å². The van der Waals surface area contributed by atoms with Crippen LogP contribution in [0, 0.1) is 0 Å². The molecule has 5 nitrogen and oxygen atoms in total. The van der Waals surface area contributed by atoms with Crippen LogP contribution in [-0.4, -0.2) is 44.7 Å². The van der Waals surface area contributed by atoms with Crippen molar-refractivity contribution in [1.29, 1.82) is 0 Å². The van der Waals surface area contributed by atoms with Gasteiger partial charge in [0.2, 0.25) is 0 Å². The van der Waals surface area contributed by atoms with Crippen LogP contribution in [0.15, 0.2) is 48.5 Å². The van der Waals surface area contributed by atoms with E-state index < -0.39 is 0 Å². The highest BCUT2D eigenvalue weighted by atomic mass is 16.5. The Hall–Kier alpha value is -2.37. The molecule has 1 aliphatic rings. The van der Waals surface area contributed by atoms with Crippen LogP contribution < -0.4 is 10.1 Å². The molecule has 0 saturated carbocycles. The lowest BCUT2D eigenvalue weighted by molar-refractivity contribution is 0.0937. The smallest absolute Gasteiger partial charge is 0.251 e. The number of benzene rings is 2. The highest BCUT2D eigenvalue weighted by Crippen LogP contribution is 2.26. The van der Waals surface area contributed by atoms with Gasteiger partial charge in [-0.25, -0.2) is 0 Å². The van der Waals surface area contributed by atoms with Gasteiger partial charge in [-0.2, -0.15) is 0 Å². The Morgan fingerprint density at radius 3 is 2.52 bits per heavy atom. The largest absolute Gasteiger partial charge is 0.497 e. The summed E-state index contributed by atoms with van der Waals surface area (Å²) < 4.78 is 10.4. The summed E-state index contributed by atoms with van der Waals surface area (Å²) in [7, 11) is 3.33. The second kappa shape index (κ2) is 9.53. The van der Waals surface area contributed by atoms with Gasteiger partial charge in [0.1, 0.15) is 5.75 Å². The van der Waals surface area contributed by atoms with Crippen molar-refractivity contribution >= 4 is 5.91 Å². The van der Waals surface area contributed by atoms with Gasteiger partial charge in [-0.3, -0.25) is 9.69 Å². The summed E-state index contributed by atoms with van der Waals surface area (Å²) in [6.45, 7) is 3.22. The molecular formula is C22H28N2O3. The molecule has 1 saturated heterocycles. The highest BCUT2D eigenvalue weighted by Gasteiger charge is 2.24. The Kier molecular flexibility index (Phi) is 6.85. The zero-order chi connectivity index (χ0) is 19.1. The van der Waals surface area contributed by atoms with Gasteiger partial charge in [-0.15, -0.1) is 0 Å².